The molecule has 2 amide bonds. The van der Waals surface area contributed by atoms with Crippen molar-refractivity contribution in [3.63, 3.8) is 0 Å². The average molecular weight is 405 g/mol. The van der Waals surface area contributed by atoms with E-state index in [0.717, 1.165) is 16.3 Å². The number of aromatic nitrogens is 1. The van der Waals surface area contributed by atoms with Crippen molar-refractivity contribution in [2.24, 2.45) is 5.92 Å². The summed E-state index contributed by atoms with van der Waals surface area (Å²) >= 11 is 0. The van der Waals surface area contributed by atoms with Gasteiger partial charge in [0.25, 0.3) is 5.91 Å². The number of hydrogen-bond acceptors (Lipinski definition) is 3. The van der Waals surface area contributed by atoms with Crippen molar-refractivity contribution in [3.8, 4) is 0 Å². The van der Waals surface area contributed by atoms with Crippen LogP contribution in [0, 0.1) is 18.7 Å². The SMILES string of the molecule is Cc1ccc(CNC(=O)C2CCN(C(=O)c3nccc4ccccc34)CC2)cc1F. The molecule has 0 atom stereocenters. The number of fused-ring (bicyclic) bond motifs is 1. The van der Waals surface area contributed by atoms with Crippen LogP contribution in [0.5, 0.6) is 0 Å². The van der Waals surface area contributed by atoms with Crippen LogP contribution in [0.4, 0.5) is 4.39 Å². The van der Waals surface area contributed by atoms with Crippen molar-refractivity contribution in [2.75, 3.05) is 13.1 Å². The highest BCUT2D eigenvalue weighted by Crippen LogP contribution is 2.22. The molecular formula is C24H24FN3O2. The van der Waals surface area contributed by atoms with Gasteiger partial charge in [-0.05, 0) is 48.4 Å². The van der Waals surface area contributed by atoms with Gasteiger partial charge in [-0.1, -0.05) is 36.4 Å². The van der Waals surface area contributed by atoms with Crippen LogP contribution in [0.25, 0.3) is 10.8 Å². The van der Waals surface area contributed by atoms with Gasteiger partial charge in [-0.15, -0.1) is 0 Å². The maximum atomic E-state index is 13.7. The fourth-order valence-corrected chi connectivity index (χ4v) is 3.86. The first-order valence-corrected chi connectivity index (χ1v) is 10.2. The zero-order valence-electron chi connectivity index (χ0n) is 16.9. The number of benzene rings is 2. The second-order valence-corrected chi connectivity index (χ2v) is 7.75. The minimum atomic E-state index is -0.268. The fraction of sp³-hybridized carbons (Fsp3) is 0.292. The first-order chi connectivity index (χ1) is 14.5. The predicted octanol–water partition coefficient (Wildman–Crippen LogP) is 3.85. The summed E-state index contributed by atoms with van der Waals surface area (Å²) in [7, 11) is 0. The lowest BCUT2D eigenvalue weighted by molar-refractivity contribution is -0.126. The van der Waals surface area contributed by atoms with Crippen molar-refractivity contribution in [3.05, 3.63) is 77.4 Å². The smallest absolute Gasteiger partial charge is 0.273 e. The molecule has 1 fully saturated rings. The number of nitrogens with zero attached hydrogens (tertiary/aromatic N) is 2. The molecule has 0 unspecified atom stereocenters. The van der Waals surface area contributed by atoms with E-state index >= 15 is 0 Å². The minimum Gasteiger partial charge on any atom is -0.352 e. The summed E-state index contributed by atoms with van der Waals surface area (Å²) in [6, 6.07) is 14.6. The van der Waals surface area contributed by atoms with Gasteiger partial charge in [0.05, 0.1) is 0 Å². The minimum absolute atomic E-state index is 0.0497. The Kier molecular flexibility index (Phi) is 5.74. The Labute approximate surface area is 174 Å². The second-order valence-electron chi connectivity index (χ2n) is 7.75. The summed E-state index contributed by atoms with van der Waals surface area (Å²) < 4.78 is 13.7. The van der Waals surface area contributed by atoms with Crippen LogP contribution < -0.4 is 5.32 Å². The molecule has 0 spiro atoms. The van der Waals surface area contributed by atoms with E-state index in [1.807, 2.05) is 36.4 Å². The van der Waals surface area contributed by atoms with E-state index in [1.54, 1.807) is 24.1 Å². The zero-order chi connectivity index (χ0) is 21.1. The maximum Gasteiger partial charge on any atom is 0.273 e. The zero-order valence-corrected chi connectivity index (χ0v) is 16.9. The molecule has 1 aliphatic heterocycles. The lowest BCUT2D eigenvalue weighted by atomic mass is 9.95. The Bertz CT molecular complexity index is 1090. The summed E-state index contributed by atoms with van der Waals surface area (Å²) in [5, 5.41) is 4.72. The number of nitrogens with one attached hydrogen (secondary N) is 1. The topological polar surface area (TPSA) is 62.3 Å². The van der Waals surface area contributed by atoms with E-state index in [-0.39, 0.29) is 23.5 Å². The van der Waals surface area contributed by atoms with Gasteiger partial charge >= 0.3 is 0 Å². The molecule has 0 aliphatic carbocycles. The number of carbonyl (C=O) groups is 2. The lowest BCUT2D eigenvalue weighted by Gasteiger charge is -2.31. The molecule has 1 saturated heterocycles. The molecule has 1 aromatic heterocycles. The normalized spacial score (nSPS) is 14.7. The highest BCUT2D eigenvalue weighted by atomic mass is 19.1. The van der Waals surface area contributed by atoms with Gasteiger partial charge in [0, 0.05) is 37.1 Å². The number of pyridine rings is 1. The van der Waals surface area contributed by atoms with Gasteiger partial charge in [-0.2, -0.15) is 0 Å². The number of piperidine rings is 1. The van der Waals surface area contributed by atoms with E-state index in [4.69, 9.17) is 0 Å². The lowest BCUT2D eigenvalue weighted by Crippen LogP contribution is -2.43. The molecule has 4 rings (SSSR count). The van der Waals surface area contributed by atoms with E-state index < -0.39 is 0 Å². The van der Waals surface area contributed by atoms with Crippen LogP contribution in [-0.2, 0) is 11.3 Å². The standard InChI is InChI=1S/C24H24FN3O2/c1-16-6-7-17(14-21(16)25)15-27-23(29)19-9-12-28(13-10-19)24(30)22-20-5-3-2-4-18(20)8-11-26-22/h2-8,11,14,19H,9-10,12-13,15H2,1H3,(H,27,29). The second kappa shape index (κ2) is 8.61. The Morgan fingerprint density at radius 3 is 2.67 bits per heavy atom. The van der Waals surface area contributed by atoms with Crippen molar-refractivity contribution < 1.29 is 14.0 Å². The van der Waals surface area contributed by atoms with Crippen LogP contribution in [0.1, 0.15) is 34.5 Å². The van der Waals surface area contributed by atoms with Gasteiger partial charge in [0.2, 0.25) is 5.91 Å². The Morgan fingerprint density at radius 2 is 1.90 bits per heavy atom. The average Bonchev–Trinajstić information content (AvgIpc) is 2.79. The van der Waals surface area contributed by atoms with Gasteiger partial charge in [0.15, 0.2) is 0 Å². The molecule has 0 saturated carbocycles. The molecule has 6 heteroatoms. The number of amides is 2. The summed E-state index contributed by atoms with van der Waals surface area (Å²) in [5.74, 6) is -0.562. The molecule has 2 heterocycles. The number of likely N-dealkylation sites (tertiary alicyclic amines) is 1. The molecule has 154 valence electrons. The number of rotatable bonds is 4. The largest absolute Gasteiger partial charge is 0.352 e. The van der Waals surface area contributed by atoms with E-state index in [0.29, 0.717) is 43.7 Å². The summed E-state index contributed by atoms with van der Waals surface area (Å²) in [4.78, 5) is 31.6. The monoisotopic (exact) mass is 405 g/mol. The van der Waals surface area contributed by atoms with E-state index in [9.17, 15) is 14.0 Å². The van der Waals surface area contributed by atoms with Crippen molar-refractivity contribution in [1.29, 1.82) is 0 Å². The van der Waals surface area contributed by atoms with Gasteiger partial charge in [-0.3, -0.25) is 14.6 Å². The van der Waals surface area contributed by atoms with Crippen LogP contribution in [-0.4, -0.2) is 34.8 Å². The molecule has 5 nitrogen and oxygen atoms in total. The first-order valence-electron chi connectivity index (χ1n) is 10.2. The fourth-order valence-electron chi connectivity index (χ4n) is 3.86. The third kappa shape index (κ3) is 4.17. The van der Waals surface area contributed by atoms with Gasteiger partial charge in [0.1, 0.15) is 11.5 Å². The quantitative estimate of drug-likeness (QED) is 0.717. The van der Waals surface area contributed by atoms with E-state index in [2.05, 4.69) is 10.3 Å². The number of aryl methyl sites for hydroxylation is 1. The molecular weight excluding hydrogens is 381 g/mol. The first kappa shape index (κ1) is 20.0. The Balaban J connectivity index is 1.34. The number of halogens is 1. The molecule has 0 radical (unpaired) electrons. The highest BCUT2D eigenvalue weighted by Gasteiger charge is 2.28. The number of hydrogen-bond donors (Lipinski definition) is 1. The molecule has 2 aromatic carbocycles. The molecule has 30 heavy (non-hydrogen) atoms. The van der Waals surface area contributed by atoms with Crippen molar-refractivity contribution in [1.82, 2.24) is 15.2 Å². The van der Waals surface area contributed by atoms with Crippen LogP contribution in [0.3, 0.4) is 0 Å². The van der Waals surface area contributed by atoms with E-state index in [1.165, 1.54) is 6.07 Å². The molecule has 0 bridgehead atoms. The van der Waals surface area contributed by atoms with Gasteiger partial charge in [-0.25, -0.2) is 4.39 Å². The Hall–Kier alpha value is -3.28. The van der Waals surface area contributed by atoms with Crippen molar-refractivity contribution in [2.45, 2.75) is 26.3 Å². The van der Waals surface area contributed by atoms with Gasteiger partial charge < -0.3 is 10.2 Å². The van der Waals surface area contributed by atoms with Crippen LogP contribution in [0.15, 0.2) is 54.7 Å². The number of carbonyl (C=O) groups excluding carboxylic acids is 2. The van der Waals surface area contributed by atoms with Crippen molar-refractivity contribution >= 4 is 22.6 Å². The summed E-state index contributed by atoms with van der Waals surface area (Å²) in [6.45, 7) is 3.04. The summed E-state index contributed by atoms with van der Waals surface area (Å²) in [5.41, 5.74) is 1.78. The highest BCUT2D eigenvalue weighted by molar-refractivity contribution is 6.05. The predicted molar refractivity (Wildman–Crippen MR) is 113 cm³/mol. The Morgan fingerprint density at radius 1 is 1.13 bits per heavy atom. The molecule has 3 aromatic rings. The van der Waals surface area contributed by atoms with Crippen LogP contribution >= 0.6 is 0 Å². The summed E-state index contributed by atoms with van der Waals surface area (Å²) in [6.07, 6.45) is 2.86. The molecule has 1 aliphatic rings. The molecule has 1 N–H and O–H groups in total. The maximum absolute atomic E-state index is 13.7. The third-order valence-corrected chi connectivity index (χ3v) is 5.73. The third-order valence-electron chi connectivity index (χ3n) is 5.73. The van der Waals surface area contributed by atoms with Crippen LogP contribution in [0.2, 0.25) is 0 Å².